The van der Waals surface area contributed by atoms with Gasteiger partial charge in [0.1, 0.15) is 22.8 Å². The molecule has 1 aliphatic rings. The van der Waals surface area contributed by atoms with Crippen molar-refractivity contribution in [2.45, 2.75) is 107 Å². The van der Waals surface area contributed by atoms with Crippen LogP contribution >= 0.6 is 0 Å². The van der Waals surface area contributed by atoms with Crippen molar-refractivity contribution in [3.63, 3.8) is 0 Å². The Morgan fingerprint density at radius 2 is 0.978 bits per heavy atom. The van der Waals surface area contributed by atoms with Crippen LogP contribution in [0.3, 0.4) is 0 Å². The van der Waals surface area contributed by atoms with Gasteiger partial charge in [0.05, 0.1) is 9.79 Å². The minimum atomic E-state index is -3.63. The Hall–Kier alpha value is -3.57. The summed E-state index contributed by atoms with van der Waals surface area (Å²) in [7, 11) is -3.63. The highest BCUT2D eigenvalue weighted by atomic mass is 32.2. The quantitative estimate of drug-likeness (QED) is 0.148. The lowest BCUT2D eigenvalue weighted by Crippen LogP contribution is -2.34. The van der Waals surface area contributed by atoms with E-state index in [2.05, 4.69) is 84.9 Å². The summed E-state index contributed by atoms with van der Waals surface area (Å²) < 4.78 is 39.2. The Kier molecular flexibility index (Phi) is 9.24. The number of benzene rings is 4. The molecular weight excluding hydrogens is 577 g/mol. The van der Waals surface area contributed by atoms with E-state index in [1.165, 1.54) is 24.0 Å². The molecule has 1 unspecified atom stereocenters. The Morgan fingerprint density at radius 3 is 1.40 bits per heavy atom. The van der Waals surface area contributed by atoms with Crippen molar-refractivity contribution in [3.05, 3.63) is 114 Å². The smallest absolute Gasteiger partial charge is 0.206 e. The van der Waals surface area contributed by atoms with Crippen LogP contribution in [0.2, 0.25) is 0 Å². The van der Waals surface area contributed by atoms with Gasteiger partial charge >= 0.3 is 0 Å². The molecule has 0 aromatic heterocycles. The molecule has 45 heavy (non-hydrogen) atoms. The summed E-state index contributed by atoms with van der Waals surface area (Å²) in [6, 6.07) is 30.6. The van der Waals surface area contributed by atoms with Crippen LogP contribution in [0.25, 0.3) is 0 Å². The SMILES string of the molecule is CCC(C)(CC)c1ccc(S(=O)(=O)c2ccc(Oc3ccc(C(C)(C)c4ccc(OC(C)(CC)C5CC5)cc4)cc3)cc2)cc1. The van der Waals surface area contributed by atoms with Crippen LogP contribution in [0.5, 0.6) is 17.2 Å². The lowest BCUT2D eigenvalue weighted by molar-refractivity contribution is 0.0608. The fraction of sp³-hybridized carbons (Fsp3) is 0.400. The van der Waals surface area contributed by atoms with Gasteiger partial charge in [-0.25, -0.2) is 8.42 Å². The Labute approximate surface area is 270 Å². The first-order valence-electron chi connectivity index (χ1n) is 16.4. The Balaban J connectivity index is 1.24. The Morgan fingerprint density at radius 1 is 0.578 bits per heavy atom. The first-order valence-corrected chi connectivity index (χ1v) is 17.9. The van der Waals surface area contributed by atoms with Crippen molar-refractivity contribution in [2.75, 3.05) is 0 Å². The van der Waals surface area contributed by atoms with E-state index in [0.29, 0.717) is 22.3 Å². The summed E-state index contributed by atoms with van der Waals surface area (Å²) in [5.41, 5.74) is 3.30. The molecule has 5 rings (SSSR count). The first kappa shape index (κ1) is 32.8. The van der Waals surface area contributed by atoms with Gasteiger partial charge in [0, 0.05) is 5.41 Å². The van der Waals surface area contributed by atoms with Crippen LogP contribution in [-0.2, 0) is 20.7 Å². The first-order chi connectivity index (χ1) is 21.3. The van der Waals surface area contributed by atoms with Gasteiger partial charge in [-0.3, -0.25) is 0 Å². The average Bonchev–Trinajstić information content (AvgIpc) is 3.92. The number of rotatable bonds is 13. The molecule has 4 nitrogen and oxygen atoms in total. The molecule has 0 heterocycles. The molecule has 238 valence electrons. The van der Waals surface area contributed by atoms with Crippen LogP contribution < -0.4 is 9.47 Å². The summed E-state index contributed by atoms with van der Waals surface area (Å²) in [6.07, 6.45) is 5.53. The molecule has 0 amide bonds. The van der Waals surface area contributed by atoms with Gasteiger partial charge < -0.3 is 9.47 Å². The van der Waals surface area contributed by atoms with Crippen LogP contribution in [0, 0.1) is 5.92 Å². The van der Waals surface area contributed by atoms with E-state index in [4.69, 9.17) is 9.47 Å². The molecule has 1 saturated carbocycles. The predicted octanol–water partition coefficient (Wildman–Crippen LogP) is 10.7. The average molecular weight is 625 g/mol. The minimum absolute atomic E-state index is 0.0439. The van der Waals surface area contributed by atoms with E-state index in [-0.39, 0.29) is 21.3 Å². The van der Waals surface area contributed by atoms with Crippen molar-refractivity contribution in [3.8, 4) is 17.2 Å². The van der Waals surface area contributed by atoms with Crippen molar-refractivity contribution in [2.24, 2.45) is 5.92 Å². The van der Waals surface area contributed by atoms with Crippen molar-refractivity contribution < 1.29 is 17.9 Å². The predicted molar refractivity (Wildman–Crippen MR) is 183 cm³/mol. The van der Waals surface area contributed by atoms with Crippen LogP contribution in [0.1, 0.15) is 97.3 Å². The highest BCUT2D eigenvalue weighted by molar-refractivity contribution is 7.91. The van der Waals surface area contributed by atoms with E-state index in [1.807, 2.05) is 24.3 Å². The third kappa shape index (κ3) is 6.84. The lowest BCUT2D eigenvalue weighted by Gasteiger charge is -2.31. The molecular formula is C40H48O4S. The monoisotopic (exact) mass is 624 g/mol. The van der Waals surface area contributed by atoms with Crippen LogP contribution in [0.15, 0.2) is 107 Å². The zero-order valence-electron chi connectivity index (χ0n) is 27.9. The standard InChI is InChI=1S/C40H48O4S/c1-8-39(6,9-2)31-17-25-36(26-18-31)45(41,42)37-27-23-34(24-28-37)43-33-19-13-29(14-20-33)38(4,5)30-15-21-35(22-16-30)44-40(7,10-3)32-11-12-32/h13-28,32H,8-12H2,1-7H3. The van der Waals surface area contributed by atoms with Crippen LogP contribution in [0.4, 0.5) is 0 Å². The highest BCUT2D eigenvalue weighted by Crippen LogP contribution is 2.44. The van der Waals surface area contributed by atoms with Gasteiger partial charge in [-0.1, -0.05) is 77.9 Å². The molecule has 0 bridgehead atoms. The second-order valence-corrected chi connectivity index (χ2v) is 15.5. The molecule has 0 spiro atoms. The molecule has 0 radical (unpaired) electrons. The molecule has 1 atom stereocenters. The molecule has 5 heteroatoms. The van der Waals surface area contributed by atoms with E-state index >= 15 is 0 Å². The summed E-state index contributed by atoms with van der Waals surface area (Å²) in [6.45, 7) is 15.4. The van der Waals surface area contributed by atoms with E-state index < -0.39 is 9.84 Å². The van der Waals surface area contributed by atoms with E-state index in [9.17, 15) is 8.42 Å². The number of hydrogen-bond acceptors (Lipinski definition) is 4. The molecule has 1 aliphatic carbocycles. The van der Waals surface area contributed by atoms with Crippen molar-refractivity contribution in [1.29, 1.82) is 0 Å². The molecule has 1 fully saturated rings. The minimum Gasteiger partial charge on any atom is -0.487 e. The summed E-state index contributed by atoms with van der Waals surface area (Å²) in [5.74, 6) is 2.87. The van der Waals surface area contributed by atoms with Gasteiger partial charge in [-0.15, -0.1) is 0 Å². The fourth-order valence-corrected chi connectivity index (χ4v) is 7.37. The zero-order chi connectivity index (χ0) is 32.5. The molecule has 0 saturated heterocycles. The molecule has 4 aromatic rings. The van der Waals surface area contributed by atoms with Crippen molar-refractivity contribution in [1.82, 2.24) is 0 Å². The lowest BCUT2D eigenvalue weighted by atomic mass is 9.78. The second-order valence-electron chi connectivity index (χ2n) is 13.6. The maximum atomic E-state index is 13.3. The largest absolute Gasteiger partial charge is 0.487 e. The molecule has 0 aliphatic heterocycles. The number of sulfone groups is 1. The molecule has 0 N–H and O–H groups in total. The van der Waals surface area contributed by atoms with E-state index in [1.54, 1.807) is 36.4 Å². The zero-order valence-corrected chi connectivity index (χ0v) is 28.7. The van der Waals surface area contributed by atoms with Gasteiger partial charge in [-0.2, -0.15) is 0 Å². The molecule has 4 aromatic carbocycles. The van der Waals surface area contributed by atoms with Crippen molar-refractivity contribution >= 4 is 9.84 Å². The summed E-state index contributed by atoms with van der Waals surface area (Å²) >= 11 is 0. The third-order valence-electron chi connectivity index (χ3n) is 10.4. The number of hydrogen-bond donors (Lipinski definition) is 0. The maximum absolute atomic E-state index is 13.3. The second kappa shape index (κ2) is 12.7. The summed E-state index contributed by atoms with van der Waals surface area (Å²) in [5, 5.41) is 0. The highest BCUT2D eigenvalue weighted by Gasteiger charge is 2.42. The summed E-state index contributed by atoms with van der Waals surface area (Å²) in [4.78, 5) is 0.546. The normalized spacial score (nSPS) is 15.4. The maximum Gasteiger partial charge on any atom is 0.206 e. The van der Waals surface area contributed by atoms with E-state index in [0.717, 1.165) is 30.6 Å². The third-order valence-corrected chi connectivity index (χ3v) is 12.2. The van der Waals surface area contributed by atoms with Gasteiger partial charge in [-0.05, 0) is 128 Å². The van der Waals surface area contributed by atoms with Gasteiger partial charge in [0.25, 0.3) is 0 Å². The van der Waals surface area contributed by atoms with Crippen LogP contribution in [-0.4, -0.2) is 14.0 Å². The topological polar surface area (TPSA) is 52.6 Å². The number of ether oxygens (including phenoxy) is 2. The fourth-order valence-electron chi connectivity index (χ4n) is 6.11. The van der Waals surface area contributed by atoms with Gasteiger partial charge in [0.2, 0.25) is 9.84 Å². The van der Waals surface area contributed by atoms with Gasteiger partial charge in [0.15, 0.2) is 0 Å². The Bertz CT molecular complexity index is 1680.